The third kappa shape index (κ3) is 2.57. The van der Waals surface area contributed by atoms with Crippen LogP contribution in [0.1, 0.15) is 26.3 Å². The molecular formula is C9H14BrN3O. The van der Waals surface area contributed by atoms with Crippen LogP contribution in [-0.4, -0.2) is 22.2 Å². The van der Waals surface area contributed by atoms with Gasteiger partial charge in [-0.15, -0.1) is 0 Å². The van der Waals surface area contributed by atoms with E-state index >= 15 is 0 Å². The summed E-state index contributed by atoms with van der Waals surface area (Å²) < 4.78 is 2.56. The molecule has 1 N–H and O–H groups in total. The summed E-state index contributed by atoms with van der Waals surface area (Å²) >= 11 is 3.30. The molecule has 0 aliphatic heterocycles. The van der Waals surface area contributed by atoms with Crippen molar-refractivity contribution in [2.45, 2.75) is 26.3 Å². The summed E-state index contributed by atoms with van der Waals surface area (Å²) in [5.74, 6) is 0.0191. The molecule has 1 rings (SSSR count). The van der Waals surface area contributed by atoms with E-state index in [0.29, 0.717) is 6.54 Å². The Morgan fingerprint density at radius 2 is 2.43 bits per heavy atom. The van der Waals surface area contributed by atoms with Gasteiger partial charge in [0.1, 0.15) is 6.04 Å². The van der Waals surface area contributed by atoms with Gasteiger partial charge in [-0.1, -0.05) is 6.92 Å². The van der Waals surface area contributed by atoms with Crippen molar-refractivity contribution in [2.24, 2.45) is 0 Å². The molecule has 4 nitrogen and oxygen atoms in total. The summed E-state index contributed by atoms with van der Waals surface area (Å²) in [6.07, 6.45) is 4.23. The average Bonchev–Trinajstić information content (AvgIpc) is 2.54. The number of nitrogens with one attached hydrogen (secondary N) is 1. The fraction of sp³-hybridized carbons (Fsp3) is 0.556. The molecule has 1 unspecified atom stereocenters. The SMILES string of the molecule is CCNC(=O)C(CC)n1cc(Br)cn1. The van der Waals surface area contributed by atoms with Crippen LogP contribution in [-0.2, 0) is 4.79 Å². The van der Waals surface area contributed by atoms with Gasteiger partial charge in [0.2, 0.25) is 5.91 Å². The highest BCUT2D eigenvalue weighted by molar-refractivity contribution is 9.10. The molecule has 1 heterocycles. The Morgan fingerprint density at radius 1 is 1.71 bits per heavy atom. The lowest BCUT2D eigenvalue weighted by molar-refractivity contribution is -0.124. The maximum atomic E-state index is 11.6. The molecule has 1 aromatic rings. The number of rotatable bonds is 4. The van der Waals surface area contributed by atoms with Gasteiger partial charge in [0.05, 0.1) is 10.7 Å². The number of hydrogen-bond donors (Lipinski definition) is 1. The minimum atomic E-state index is -0.207. The molecule has 14 heavy (non-hydrogen) atoms. The Hall–Kier alpha value is -0.840. The van der Waals surface area contributed by atoms with E-state index in [1.807, 2.05) is 20.0 Å². The summed E-state index contributed by atoms with van der Waals surface area (Å²) in [6.45, 7) is 4.52. The molecule has 0 saturated carbocycles. The summed E-state index contributed by atoms with van der Waals surface area (Å²) in [7, 11) is 0. The van der Waals surface area contributed by atoms with E-state index in [1.54, 1.807) is 10.9 Å². The molecule has 0 spiro atoms. The van der Waals surface area contributed by atoms with Crippen molar-refractivity contribution in [2.75, 3.05) is 6.54 Å². The van der Waals surface area contributed by atoms with Crippen molar-refractivity contribution in [1.82, 2.24) is 15.1 Å². The zero-order valence-corrected chi connectivity index (χ0v) is 9.91. The van der Waals surface area contributed by atoms with Gasteiger partial charge in [0, 0.05) is 12.7 Å². The molecule has 78 valence electrons. The first-order chi connectivity index (χ1) is 6.69. The first-order valence-corrected chi connectivity index (χ1v) is 5.45. The lowest BCUT2D eigenvalue weighted by atomic mass is 10.2. The molecule has 0 bridgehead atoms. The van der Waals surface area contributed by atoms with E-state index in [-0.39, 0.29) is 11.9 Å². The lowest BCUT2D eigenvalue weighted by Crippen LogP contribution is -2.32. The molecule has 0 aromatic carbocycles. The minimum absolute atomic E-state index is 0.0191. The van der Waals surface area contributed by atoms with E-state index < -0.39 is 0 Å². The van der Waals surface area contributed by atoms with Crippen LogP contribution in [0.3, 0.4) is 0 Å². The highest BCUT2D eigenvalue weighted by atomic mass is 79.9. The van der Waals surface area contributed by atoms with Crippen LogP contribution >= 0.6 is 15.9 Å². The second-order valence-corrected chi connectivity index (χ2v) is 3.87. The number of nitrogens with zero attached hydrogens (tertiary/aromatic N) is 2. The second-order valence-electron chi connectivity index (χ2n) is 2.96. The zero-order valence-electron chi connectivity index (χ0n) is 8.33. The van der Waals surface area contributed by atoms with Crippen LogP contribution in [0, 0.1) is 0 Å². The minimum Gasteiger partial charge on any atom is -0.355 e. The maximum absolute atomic E-state index is 11.6. The predicted molar refractivity (Wildman–Crippen MR) is 57.9 cm³/mol. The van der Waals surface area contributed by atoms with Gasteiger partial charge in [0.15, 0.2) is 0 Å². The molecule has 0 fully saturated rings. The Balaban J connectivity index is 2.76. The molecule has 1 aromatic heterocycles. The van der Waals surface area contributed by atoms with Crippen molar-refractivity contribution >= 4 is 21.8 Å². The van der Waals surface area contributed by atoms with Crippen LogP contribution in [0.4, 0.5) is 0 Å². The van der Waals surface area contributed by atoms with Gasteiger partial charge in [-0.05, 0) is 29.3 Å². The van der Waals surface area contributed by atoms with Crippen molar-refractivity contribution < 1.29 is 4.79 Å². The van der Waals surface area contributed by atoms with E-state index in [2.05, 4.69) is 26.3 Å². The topological polar surface area (TPSA) is 46.9 Å². The Morgan fingerprint density at radius 3 is 2.86 bits per heavy atom. The molecule has 0 aliphatic carbocycles. The van der Waals surface area contributed by atoms with Crippen LogP contribution in [0.15, 0.2) is 16.9 Å². The van der Waals surface area contributed by atoms with Crippen molar-refractivity contribution in [3.63, 3.8) is 0 Å². The van der Waals surface area contributed by atoms with Gasteiger partial charge >= 0.3 is 0 Å². The van der Waals surface area contributed by atoms with Crippen molar-refractivity contribution in [1.29, 1.82) is 0 Å². The fourth-order valence-corrected chi connectivity index (χ4v) is 1.57. The number of carbonyl (C=O) groups is 1. The first kappa shape index (κ1) is 11.2. The van der Waals surface area contributed by atoms with Crippen LogP contribution in [0.25, 0.3) is 0 Å². The normalized spacial score (nSPS) is 12.5. The number of halogens is 1. The highest BCUT2D eigenvalue weighted by Gasteiger charge is 2.17. The number of likely N-dealkylation sites (N-methyl/N-ethyl adjacent to an activating group) is 1. The third-order valence-corrected chi connectivity index (χ3v) is 2.34. The summed E-state index contributed by atoms with van der Waals surface area (Å²) in [5, 5.41) is 6.89. The molecule has 5 heteroatoms. The number of carbonyl (C=O) groups excluding carboxylic acids is 1. The lowest BCUT2D eigenvalue weighted by Gasteiger charge is -2.14. The van der Waals surface area contributed by atoms with E-state index in [1.165, 1.54) is 0 Å². The second kappa shape index (κ2) is 5.14. The predicted octanol–water partition coefficient (Wildman–Crippen LogP) is 1.73. The molecule has 0 aliphatic rings. The quantitative estimate of drug-likeness (QED) is 0.896. The molecule has 0 saturated heterocycles. The van der Waals surface area contributed by atoms with Gasteiger partial charge in [-0.3, -0.25) is 9.48 Å². The van der Waals surface area contributed by atoms with E-state index in [4.69, 9.17) is 0 Å². The monoisotopic (exact) mass is 259 g/mol. The van der Waals surface area contributed by atoms with Crippen LogP contribution in [0.2, 0.25) is 0 Å². The molecule has 0 radical (unpaired) electrons. The molecular weight excluding hydrogens is 246 g/mol. The fourth-order valence-electron chi connectivity index (χ4n) is 1.27. The summed E-state index contributed by atoms with van der Waals surface area (Å²) in [5.41, 5.74) is 0. The third-order valence-electron chi connectivity index (χ3n) is 1.93. The molecule has 1 amide bonds. The van der Waals surface area contributed by atoms with Gasteiger partial charge in [-0.25, -0.2) is 0 Å². The Kier molecular flexibility index (Phi) is 4.13. The van der Waals surface area contributed by atoms with Crippen molar-refractivity contribution in [3.05, 3.63) is 16.9 Å². The number of amides is 1. The van der Waals surface area contributed by atoms with Crippen LogP contribution < -0.4 is 5.32 Å². The van der Waals surface area contributed by atoms with Crippen LogP contribution in [0.5, 0.6) is 0 Å². The maximum Gasteiger partial charge on any atom is 0.244 e. The highest BCUT2D eigenvalue weighted by Crippen LogP contribution is 2.14. The zero-order chi connectivity index (χ0) is 10.6. The first-order valence-electron chi connectivity index (χ1n) is 4.66. The van der Waals surface area contributed by atoms with Crippen molar-refractivity contribution in [3.8, 4) is 0 Å². The van der Waals surface area contributed by atoms with E-state index in [9.17, 15) is 4.79 Å². The average molecular weight is 260 g/mol. The Bertz CT molecular complexity index is 311. The number of aromatic nitrogens is 2. The van der Waals surface area contributed by atoms with Gasteiger partial charge in [0.25, 0.3) is 0 Å². The number of hydrogen-bond acceptors (Lipinski definition) is 2. The largest absolute Gasteiger partial charge is 0.355 e. The summed E-state index contributed by atoms with van der Waals surface area (Å²) in [4.78, 5) is 11.6. The summed E-state index contributed by atoms with van der Waals surface area (Å²) in [6, 6.07) is -0.207. The standard InChI is InChI=1S/C9H14BrN3O/c1-3-8(9(14)11-4-2)13-6-7(10)5-12-13/h5-6,8H,3-4H2,1-2H3,(H,11,14). The molecule has 1 atom stereocenters. The van der Waals surface area contributed by atoms with E-state index in [0.717, 1.165) is 10.9 Å². The van der Waals surface area contributed by atoms with Gasteiger partial charge < -0.3 is 5.32 Å². The Labute approximate surface area is 91.8 Å². The van der Waals surface area contributed by atoms with Gasteiger partial charge in [-0.2, -0.15) is 5.10 Å². The smallest absolute Gasteiger partial charge is 0.244 e.